The molecule has 0 aliphatic rings. The number of nitrogens with one attached hydrogen (secondary N) is 2. The minimum Gasteiger partial charge on any atom is -0.381 e. The highest BCUT2D eigenvalue weighted by molar-refractivity contribution is 14.0. The quantitative estimate of drug-likeness (QED) is 0.236. The van der Waals surface area contributed by atoms with Crippen molar-refractivity contribution in [1.29, 1.82) is 0 Å². The van der Waals surface area contributed by atoms with Crippen molar-refractivity contribution in [2.75, 3.05) is 26.3 Å². The Hall–Kier alpha value is -0.410. The molecule has 1 rings (SSSR count). The van der Waals surface area contributed by atoms with Gasteiger partial charge in [-0.25, -0.2) is 9.98 Å². The van der Waals surface area contributed by atoms with Crippen molar-refractivity contribution in [3.8, 4) is 0 Å². The van der Waals surface area contributed by atoms with E-state index in [4.69, 9.17) is 4.74 Å². The maximum absolute atomic E-state index is 5.58. The smallest absolute Gasteiger partial charge is 0.191 e. The zero-order valence-electron chi connectivity index (χ0n) is 15.6. The topological polar surface area (TPSA) is 58.5 Å². The van der Waals surface area contributed by atoms with Crippen LogP contribution in [0.5, 0.6) is 0 Å². The first-order valence-corrected chi connectivity index (χ1v) is 9.45. The van der Waals surface area contributed by atoms with Crippen LogP contribution in [0.15, 0.2) is 10.4 Å². The summed E-state index contributed by atoms with van der Waals surface area (Å²) in [6.45, 7) is 14.7. The molecule has 7 heteroatoms. The molecule has 0 fully saturated rings. The number of aliphatic imine (C=N–C) groups is 1. The average molecular weight is 468 g/mol. The van der Waals surface area contributed by atoms with Gasteiger partial charge in [0.2, 0.25) is 0 Å². The fraction of sp³-hybridized carbons (Fsp3) is 0.765. The lowest BCUT2D eigenvalue weighted by molar-refractivity contribution is 0.108. The number of halogens is 1. The van der Waals surface area contributed by atoms with E-state index in [1.165, 1.54) is 0 Å². The van der Waals surface area contributed by atoms with Crippen LogP contribution in [0.4, 0.5) is 0 Å². The number of hydrogen-bond acceptors (Lipinski definition) is 4. The van der Waals surface area contributed by atoms with Crippen molar-refractivity contribution in [3.63, 3.8) is 0 Å². The molecule has 0 atom stereocenters. The lowest BCUT2D eigenvalue weighted by Gasteiger charge is -2.11. The SMILES string of the molecule is CCNC(=NCc1nc(C(C)C)cs1)NCCCOCC(C)C.I. The standard InChI is InChI=1S/C17H32N4OS.HI/c1-6-18-17(19-8-7-9-22-11-13(2)3)20-10-16-21-15(12-23-16)14(4)5;/h12-14H,6-11H2,1-5H3,(H2,18,19,20);1H. The summed E-state index contributed by atoms with van der Waals surface area (Å²) in [6, 6.07) is 0. The molecule has 0 aliphatic heterocycles. The molecule has 0 saturated heterocycles. The van der Waals surface area contributed by atoms with Crippen LogP contribution < -0.4 is 10.6 Å². The first kappa shape index (κ1) is 23.6. The lowest BCUT2D eigenvalue weighted by atomic mass is 10.2. The van der Waals surface area contributed by atoms with Gasteiger partial charge in [0.15, 0.2) is 5.96 Å². The van der Waals surface area contributed by atoms with E-state index in [2.05, 4.69) is 60.6 Å². The molecule has 0 aromatic carbocycles. The van der Waals surface area contributed by atoms with E-state index in [-0.39, 0.29) is 24.0 Å². The molecule has 0 saturated carbocycles. The second kappa shape index (κ2) is 13.8. The number of aromatic nitrogens is 1. The third-order valence-corrected chi connectivity index (χ3v) is 3.94. The van der Waals surface area contributed by atoms with Crippen LogP contribution in [0.3, 0.4) is 0 Å². The summed E-state index contributed by atoms with van der Waals surface area (Å²) >= 11 is 1.68. The van der Waals surface area contributed by atoms with Gasteiger partial charge in [-0.1, -0.05) is 27.7 Å². The fourth-order valence-corrected chi connectivity index (χ4v) is 2.73. The fourth-order valence-electron chi connectivity index (χ4n) is 1.85. The summed E-state index contributed by atoms with van der Waals surface area (Å²) in [4.78, 5) is 9.22. The van der Waals surface area contributed by atoms with E-state index in [0.29, 0.717) is 18.4 Å². The molecule has 1 aromatic heterocycles. The second-order valence-corrected chi connectivity index (χ2v) is 7.21. The largest absolute Gasteiger partial charge is 0.381 e. The van der Waals surface area contributed by atoms with Gasteiger partial charge in [0.05, 0.1) is 12.2 Å². The van der Waals surface area contributed by atoms with Crippen LogP contribution in [0, 0.1) is 5.92 Å². The molecule has 1 aromatic rings. The van der Waals surface area contributed by atoms with Gasteiger partial charge in [-0.05, 0) is 25.2 Å². The summed E-state index contributed by atoms with van der Waals surface area (Å²) in [5, 5.41) is 9.80. The van der Waals surface area contributed by atoms with Crippen molar-refractivity contribution in [3.05, 3.63) is 16.1 Å². The molecule has 24 heavy (non-hydrogen) atoms. The predicted octanol–water partition coefficient (Wildman–Crippen LogP) is 4.00. The summed E-state index contributed by atoms with van der Waals surface area (Å²) in [5.74, 6) is 1.91. The van der Waals surface area contributed by atoms with Crippen molar-refractivity contribution < 1.29 is 4.74 Å². The van der Waals surface area contributed by atoms with Crippen LogP contribution in [0.1, 0.15) is 57.7 Å². The van der Waals surface area contributed by atoms with Crippen molar-refractivity contribution in [2.24, 2.45) is 10.9 Å². The Morgan fingerprint density at radius 2 is 2.04 bits per heavy atom. The molecule has 0 spiro atoms. The van der Waals surface area contributed by atoms with E-state index < -0.39 is 0 Å². The van der Waals surface area contributed by atoms with E-state index in [1.54, 1.807) is 11.3 Å². The van der Waals surface area contributed by atoms with Gasteiger partial charge in [-0.15, -0.1) is 35.3 Å². The summed E-state index contributed by atoms with van der Waals surface area (Å²) in [5.41, 5.74) is 1.15. The van der Waals surface area contributed by atoms with Gasteiger partial charge in [0, 0.05) is 31.7 Å². The number of rotatable bonds is 10. The Balaban J connectivity index is 0.00000529. The first-order chi connectivity index (χ1) is 11.0. The Labute approximate surface area is 168 Å². The Bertz CT molecular complexity index is 463. The third-order valence-electron chi connectivity index (χ3n) is 3.09. The third kappa shape index (κ3) is 10.5. The molecule has 2 N–H and O–H groups in total. The van der Waals surface area contributed by atoms with Crippen molar-refractivity contribution in [2.45, 2.75) is 53.5 Å². The highest BCUT2D eigenvalue weighted by Crippen LogP contribution is 2.18. The Morgan fingerprint density at radius 1 is 1.29 bits per heavy atom. The maximum Gasteiger partial charge on any atom is 0.191 e. The number of thiazole rings is 1. The van der Waals surface area contributed by atoms with Crippen LogP contribution in [0.25, 0.3) is 0 Å². The predicted molar refractivity (Wildman–Crippen MR) is 115 cm³/mol. The zero-order chi connectivity index (χ0) is 17.1. The molecule has 0 bridgehead atoms. The molecule has 0 unspecified atom stereocenters. The zero-order valence-corrected chi connectivity index (χ0v) is 18.7. The highest BCUT2D eigenvalue weighted by Gasteiger charge is 2.05. The van der Waals surface area contributed by atoms with Crippen molar-refractivity contribution in [1.82, 2.24) is 15.6 Å². The van der Waals surface area contributed by atoms with E-state index >= 15 is 0 Å². The second-order valence-electron chi connectivity index (χ2n) is 6.27. The highest BCUT2D eigenvalue weighted by atomic mass is 127. The van der Waals surface area contributed by atoms with E-state index in [1.807, 2.05) is 0 Å². The van der Waals surface area contributed by atoms with Crippen LogP contribution in [0.2, 0.25) is 0 Å². The van der Waals surface area contributed by atoms with Crippen LogP contribution in [-0.4, -0.2) is 37.2 Å². The number of hydrogen-bond donors (Lipinski definition) is 2. The number of nitrogens with zero attached hydrogens (tertiary/aromatic N) is 2. The van der Waals surface area contributed by atoms with E-state index in [9.17, 15) is 0 Å². The number of ether oxygens (including phenoxy) is 1. The minimum atomic E-state index is 0. The maximum atomic E-state index is 5.58. The van der Waals surface area contributed by atoms with Gasteiger partial charge in [0.1, 0.15) is 5.01 Å². The molecule has 0 radical (unpaired) electrons. The van der Waals surface area contributed by atoms with Crippen molar-refractivity contribution >= 4 is 41.3 Å². The Kier molecular flexibility index (Phi) is 13.6. The van der Waals surface area contributed by atoms with E-state index in [0.717, 1.165) is 49.4 Å². The van der Waals surface area contributed by atoms with Gasteiger partial charge in [-0.2, -0.15) is 0 Å². The molecule has 5 nitrogen and oxygen atoms in total. The normalized spacial score (nSPS) is 11.7. The minimum absolute atomic E-state index is 0. The molecular formula is C17H33IN4OS. The number of guanidine groups is 1. The molecular weight excluding hydrogens is 435 g/mol. The summed E-state index contributed by atoms with van der Waals surface area (Å²) in [7, 11) is 0. The summed E-state index contributed by atoms with van der Waals surface area (Å²) < 4.78 is 5.58. The van der Waals surface area contributed by atoms with Gasteiger partial charge >= 0.3 is 0 Å². The molecule has 1 heterocycles. The average Bonchev–Trinajstić information content (AvgIpc) is 2.97. The summed E-state index contributed by atoms with van der Waals surface area (Å²) in [6.07, 6.45) is 0.978. The van der Waals surface area contributed by atoms with Gasteiger partial charge in [0.25, 0.3) is 0 Å². The molecule has 0 amide bonds. The lowest BCUT2D eigenvalue weighted by Crippen LogP contribution is -2.38. The van der Waals surface area contributed by atoms with Gasteiger partial charge < -0.3 is 15.4 Å². The monoisotopic (exact) mass is 468 g/mol. The van der Waals surface area contributed by atoms with Crippen LogP contribution in [-0.2, 0) is 11.3 Å². The van der Waals surface area contributed by atoms with Gasteiger partial charge in [-0.3, -0.25) is 0 Å². The first-order valence-electron chi connectivity index (χ1n) is 8.57. The van der Waals surface area contributed by atoms with Crippen LogP contribution >= 0.6 is 35.3 Å². The Morgan fingerprint density at radius 3 is 2.62 bits per heavy atom. The molecule has 0 aliphatic carbocycles. The molecule has 140 valence electrons.